The summed E-state index contributed by atoms with van der Waals surface area (Å²) in [6, 6.07) is 7.73. The summed E-state index contributed by atoms with van der Waals surface area (Å²) in [6.07, 6.45) is 0.405. The van der Waals surface area contributed by atoms with E-state index in [9.17, 15) is 9.59 Å². The molecule has 2 aromatic rings. The van der Waals surface area contributed by atoms with Crippen molar-refractivity contribution in [3.63, 3.8) is 0 Å². The fourth-order valence-electron chi connectivity index (χ4n) is 2.90. The second-order valence-electron chi connectivity index (χ2n) is 6.55. The lowest BCUT2D eigenvalue weighted by molar-refractivity contribution is -0.128. The predicted octanol–water partition coefficient (Wildman–Crippen LogP) is 3.40. The first-order valence-electron chi connectivity index (χ1n) is 8.77. The van der Waals surface area contributed by atoms with Crippen molar-refractivity contribution < 1.29 is 14.3 Å². The van der Waals surface area contributed by atoms with E-state index < -0.39 is 0 Å². The van der Waals surface area contributed by atoms with Crippen LogP contribution in [0.3, 0.4) is 0 Å². The molecule has 0 radical (unpaired) electrons. The van der Waals surface area contributed by atoms with E-state index >= 15 is 0 Å². The monoisotopic (exact) mass is 373 g/mol. The van der Waals surface area contributed by atoms with E-state index in [0.717, 1.165) is 17.0 Å². The summed E-state index contributed by atoms with van der Waals surface area (Å²) in [7, 11) is 0. The van der Waals surface area contributed by atoms with Crippen molar-refractivity contribution in [1.29, 1.82) is 0 Å². The van der Waals surface area contributed by atoms with Crippen LogP contribution in [0.25, 0.3) is 11.3 Å². The quantitative estimate of drug-likeness (QED) is 0.842. The van der Waals surface area contributed by atoms with Gasteiger partial charge in [-0.25, -0.2) is 4.98 Å². The van der Waals surface area contributed by atoms with Crippen molar-refractivity contribution >= 4 is 28.3 Å². The molecular weight excluding hydrogens is 350 g/mol. The normalized spacial score (nSPS) is 17.0. The summed E-state index contributed by atoms with van der Waals surface area (Å²) in [5.41, 5.74) is 1.77. The van der Waals surface area contributed by atoms with Gasteiger partial charge in [-0.1, -0.05) is 0 Å². The number of thiazole rings is 1. The number of likely N-dealkylation sites (tertiary alicyclic amines) is 1. The molecular formula is C19H23N3O3S. The van der Waals surface area contributed by atoms with E-state index in [2.05, 4.69) is 10.3 Å². The minimum atomic E-state index is -0.303. The molecule has 6 nitrogen and oxygen atoms in total. The number of hydrogen-bond donors (Lipinski definition) is 1. The molecule has 2 heterocycles. The smallest absolute Gasteiger partial charge is 0.231 e. The third-order valence-corrected chi connectivity index (χ3v) is 4.98. The van der Waals surface area contributed by atoms with Gasteiger partial charge in [0.1, 0.15) is 5.75 Å². The number of carbonyl (C=O) groups excluding carboxylic acids is 2. The average Bonchev–Trinajstić information content (AvgIpc) is 3.21. The molecule has 138 valence electrons. The molecule has 0 bridgehead atoms. The van der Waals surface area contributed by atoms with Gasteiger partial charge < -0.3 is 15.0 Å². The first kappa shape index (κ1) is 18.4. The van der Waals surface area contributed by atoms with E-state index in [0.29, 0.717) is 18.2 Å². The van der Waals surface area contributed by atoms with Crippen LogP contribution in [0.5, 0.6) is 5.75 Å². The van der Waals surface area contributed by atoms with Crippen LogP contribution in [0.4, 0.5) is 5.13 Å². The second-order valence-corrected chi connectivity index (χ2v) is 7.41. The highest BCUT2D eigenvalue weighted by Gasteiger charge is 2.33. The maximum absolute atomic E-state index is 12.4. The molecule has 3 rings (SSSR count). The highest BCUT2D eigenvalue weighted by atomic mass is 32.1. The predicted molar refractivity (Wildman–Crippen MR) is 102 cm³/mol. The summed E-state index contributed by atoms with van der Waals surface area (Å²) < 4.78 is 5.64. The highest BCUT2D eigenvalue weighted by Crippen LogP contribution is 2.28. The van der Waals surface area contributed by atoms with Crippen molar-refractivity contribution in [3.05, 3.63) is 29.6 Å². The molecule has 1 saturated heterocycles. The number of nitrogens with zero attached hydrogens (tertiary/aromatic N) is 2. The summed E-state index contributed by atoms with van der Waals surface area (Å²) in [6.45, 7) is 7.02. The molecule has 1 unspecified atom stereocenters. The Morgan fingerprint density at radius 3 is 2.73 bits per heavy atom. The largest absolute Gasteiger partial charge is 0.491 e. The number of ether oxygens (including phenoxy) is 1. The van der Waals surface area contributed by atoms with Crippen molar-refractivity contribution in [3.8, 4) is 17.0 Å². The Morgan fingerprint density at radius 1 is 1.38 bits per heavy atom. The lowest BCUT2D eigenvalue weighted by atomic mass is 10.1. The molecule has 1 N–H and O–H groups in total. The highest BCUT2D eigenvalue weighted by molar-refractivity contribution is 7.14. The number of hydrogen-bond acceptors (Lipinski definition) is 5. The van der Waals surface area contributed by atoms with Crippen LogP contribution in [-0.2, 0) is 9.59 Å². The van der Waals surface area contributed by atoms with Crippen molar-refractivity contribution in [1.82, 2.24) is 9.88 Å². The van der Waals surface area contributed by atoms with Crippen molar-refractivity contribution in [2.75, 3.05) is 18.4 Å². The fourth-order valence-corrected chi connectivity index (χ4v) is 3.62. The number of nitrogens with one attached hydrogen (secondary N) is 1. The molecule has 0 aliphatic carbocycles. The molecule has 1 aromatic carbocycles. The van der Waals surface area contributed by atoms with Gasteiger partial charge >= 0.3 is 0 Å². The maximum atomic E-state index is 12.4. The summed E-state index contributed by atoms with van der Waals surface area (Å²) in [5, 5.41) is 5.30. The van der Waals surface area contributed by atoms with Crippen LogP contribution in [0, 0.1) is 5.92 Å². The van der Waals surface area contributed by atoms with Gasteiger partial charge in [-0.05, 0) is 45.0 Å². The van der Waals surface area contributed by atoms with Gasteiger partial charge in [0.15, 0.2) is 5.13 Å². The molecule has 1 aliphatic rings. The van der Waals surface area contributed by atoms with Gasteiger partial charge in [0.2, 0.25) is 11.8 Å². The molecule has 1 aromatic heterocycles. The zero-order valence-electron chi connectivity index (χ0n) is 15.2. The third kappa shape index (κ3) is 4.22. The number of anilines is 1. The standard InChI is InChI=1S/C19H23N3O3S/c1-4-22-10-14(9-17(22)23)18(24)21-19-20-16(11-26-19)13-5-7-15(8-6-13)25-12(2)3/h5-8,11-12,14H,4,9-10H2,1-3H3,(H,20,21,24). The van der Waals surface area contributed by atoms with Crippen molar-refractivity contribution in [2.45, 2.75) is 33.3 Å². The summed E-state index contributed by atoms with van der Waals surface area (Å²) in [5.74, 6) is 0.410. The van der Waals surface area contributed by atoms with E-state index in [1.54, 1.807) is 4.90 Å². The number of rotatable bonds is 6. The van der Waals surface area contributed by atoms with Crippen LogP contribution in [0.1, 0.15) is 27.2 Å². The van der Waals surface area contributed by atoms with Gasteiger partial charge in [-0.15, -0.1) is 11.3 Å². The van der Waals surface area contributed by atoms with E-state index in [1.807, 2.05) is 50.4 Å². The van der Waals surface area contributed by atoms with Gasteiger partial charge in [-0.2, -0.15) is 0 Å². The molecule has 26 heavy (non-hydrogen) atoms. The lowest BCUT2D eigenvalue weighted by Crippen LogP contribution is -2.28. The molecule has 1 fully saturated rings. The lowest BCUT2D eigenvalue weighted by Gasteiger charge is -2.12. The van der Waals surface area contributed by atoms with Gasteiger partial charge in [-0.3, -0.25) is 9.59 Å². The average molecular weight is 373 g/mol. The molecule has 0 spiro atoms. The van der Waals surface area contributed by atoms with Gasteiger partial charge in [0.05, 0.1) is 17.7 Å². The Bertz CT molecular complexity index is 786. The Labute approximate surface area is 157 Å². The number of benzene rings is 1. The first-order valence-corrected chi connectivity index (χ1v) is 9.65. The minimum Gasteiger partial charge on any atom is -0.491 e. The topological polar surface area (TPSA) is 71.5 Å². The summed E-state index contributed by atoms with van der Waals surface area (Å²) in [4.78, 5) is 30.3. The Morgan fingerprint density at radius 2 is 2.12 bits per heavy atom. The van der Waals surface area contributed by atoms with E-state index in [-0.39, 0.29) is 30.3 Å². The molecule has 1 atom stereocenters. The Hall–Kier alpha value is -2.41. The van der Waals surface area contributed by atoms with Crippen molar-refractivity contribution in [2.24, 2.45) is 5.92 Å². The molecule has 7 heteroatoms. The number of aromatic nitrogens is 1. The zero-order chi connectivity index (χ0) is 18.7. The van der Waals surface area contributed by atoms with Crippen LogP contribution in [-0.4, -0.2) is 40.9 Å². The van der Waals surface area contributed by atoms with Crippen LogP contribution in [0.15, 0.2) is 29.6 Å². The van der Waals surface area contributed by atoms with Gasteiger partial charge in [0.25, 0.3) is 0 Å². The molecule has 0 saturated carbocycles. The second kappa shape index (κ2) is 7.86. The Kier molecular flexibility index (Phi) is 5.56. The van der Waals surface area contributed by atoms with Crippen LogP contribution in [0.2, 0.25) is 0 Å². The zero-order valence-corrected chi connectivity index (χ0v) is 16.0. The van der Waals surface area contributed by atoms with Crippen LogP contribution >= 0.6 is 11.3 Å². The molecule has 1 aliphatic heterocycles. The van der Waals surface area contributed by atoms with E-state index in [1.165, 1.54) is 11.3 Å². The SMILES string of the molecule is CCN1CC(C(=O)Nc2nc(-c3ccc(OC(C)C)cc3)cs2)CC1=O. The van der Waals surface area contributed by atoms with E-state index in [4.69, 9.17) is 4.74 Å². The van der Waals surface area contributed by atoms with Gasteiger partial charge in [0, 0.05) is 30.5 Å². The first-order chi connectivity index (χ1) is 12.5. The van der Waals surface area contributed by atoms with Crippen LogP contribution < -0.4 is 10.1 Å². The fraction of sp³-hybridized carbons (Fsp3) is 0.421. The number of amides is 2. The molecule has 2 amide bonds. The summed E-state index contributed by atoms with van der Waals surface area (Å²) >= 11 is 1.38. The minimum absolute atomic E-state index is 0.0381. The number of carbonyl (C=O) groups is 2. The maximum Gasteiger partial charge on any atom is 0.231 e. The Balaban J connectivity index is 1.63. The third-order valence-electron chi connectivity index (χ3n) is 4.22.